The molecule has 0 saturated carbocycles. The standard InChI is InChI=1S/C18H27NO4/c1-22-12-9-18(17(20)21)8-5-10-19(15-18)11-13-23-14-16-6-3-2-4-7-16/h2-4,6-7H,5,8-15H2,1H3,(H,20,21)/t18-/m1/s1. The molecule has 5 heteroatoms. The Morgan fingerprint density at radius 3 is 2.78 bits per heavy atom. The monoisotopic (exact) mass is 321 g/mol. The summed E-state index contributed by atoms with van der Waals surface area (Å²) in [5.41, 5.74) is 0.486. The van der Waals surface area contributed by atoms with Crippen LogP contribution < -0.4 is 0 Å². The number of methoxy groups -OCH3 is 1. The molecule has 0 radical (unpaired) electrons. The zero-order chi connectivity index (χ0) is 16.5. The molecule has 0 aliphatic carbocycles. The van der Waals surface area contributed by atoms with Gasteiger partial charge in [-0.1, -0.05) is 30.3 Å². The summed E-state index contributed by atoms with van der Waals surface area (Å²) in [4.78, 5) is 13.9. The van der Waals surface area contributed by atoms with E-state index >= 15 is 0 Å². The maximum atomic E-state index is 11.7. The third-order valence-corrected chi connectivity index (χ3v) is 4.56. The van der Waals surface area contributed by atoms with Crippen LogP contribution in [0, 0.1) is 5.41 Å². The van der Waals surface area contributed by atoms with Crippen LogP contribution in [0.15, 0.2) is 30.3 Å². The Kier molecular flexibility index (Phi) is 7.02. The topological polar surface area (TPSA) is 59.0 Å². The summed E-state index contributed by atoms with van der Waals surface area (Å²) in [7, 11) is 1.62. The highest BCUT2D eigenvalue weighted by Gasteiger charge is 2.41. The van der Waals surface area contributed by atoms with Gasteiger partial charge in [0.15, 0.2) is 0 Å². The predicted molar refractivity (Wildman–Crippen MR) is 88.3 cm³/mol. The van der Waals surface area contributed by atoms with Crippen LogP contribution >= 0.6 is 0 Å². The van der Waals surface area contributed by atoms with Gasteiger partial charge < -0.3 is 14.6 Å². The summed E-state index contributed by atoms with van der Waals surface area (Å²) >= 11 is 0. The second-order valence-corrected chi connectivity index (χ2v) is 6.25. The highest BCUT2D eigenvalue weighted by Crippen LogP contribution is 2.33. The Bertz CT molecular complexity index is 479. The summed E-state index contributed by atoms with van der Waals surface area (Å²) in [6.07, 6.45) is 2.21. The molecule has 1 aromatic carbocycles. The van der Waals surface area contributed by atoms with Crippen molar-refractivity contribution in [3.8, 4) is 0 Å². The van der Waals surface area contributed by atoms with Gasteiger partial charge >= 0.3 is 5.97 Å². The number of nitrogens with zero attached hydrogens (tertiary/aromatic N) is 1. The van der Waals surface area contributed by atoms with Crippen molar-refractivity contribution in [2.75, 3.05) is 40.0 Å². The third kappa shape index (κ3) is 5.30. The molecule has 5 nitrogen and oxygen atoms in total. The van der Waals surface area contributed by atoms with Gasteiger partial charge in [-0.25, -0.2) is 0 Å². The minimum absolute atomic E-state index is 0.491. The molecule has 1 N–H and O–H groups in total. The summed E-state index contributed by atoms with van der Waals surface area (Å²) in [6.45, 7) is 4.01. The zero-order valence-electron chi connectivity index (χ0n) is 13.9. The van der Waals surface area contributed by atoms with Crippen LogP contribution in [0.25, 0.3) is 0 Å². The van der Waals surface area contributed by atoms with Gasteiger partial charge in [-0.3, -0.25) is 9.69 Å². The first-order valence-corrected chi connectivity index (χ1v) is 8.23. The maximum Gasteiger partial charge on any atom is 0.311 e. The van der Waals surface area contributed by atoms with Gasteiger partial charge in [-0.05, 0) is 31.4 Å². The lowest BCUT2D eigenvalue weighted by atomic mass is 9.77. The van der Waals surface area contributed by atoms with Crippen LogP contribution in [0.2, 0.25) is 0 Å². The first-order chi connectivity index (χ1) is 11.2. The number of carboxylic acid groups (broad SMARTS) is 1. The Labute approximate surface area is 138 Å². The molecule has 0 aromatic heterocycles. The van der Waals surface area contributed by atoms with E-state index in [-0.39, 0.29) is 0 Å². The van der Waals surface area contributed by atoms with Crippen LogP contribution in [-0.4, -0.2) is 55.9 Å². The Hall–Kier alpha value is -1.43. The van der Waals surface area contributed by atoms with Gasteiger partial charge in [0, 0.05) is 26.8 Å². The molecule has 1 saturated heterocycles. The van der Waals surface area contributed by atoms with Crippen LogP contribution in [0.5, 0.6) is 0 Å². The molecule has 1 fully saturated rings. The fourth-order valence-electron chi connectivity index (χ4n) is 3.16. The number of carbonyl (C=O) groups is 1. The lowest BCUT2D eigenvalue weighted by Gasteiger charge is -2.39. The van der Waals surface area contributed by atoms with Gasteiger partial charge in [-0.2, -0.15) is 0 Å². The minimum Gasteiger partial charge on any atom is -0.481 e. The fraction of sp³-hybridized carbons (Fsp3) is 0.611. The normalized spacial score (nSPS) is 22.1. The van der Waals surface area contributed by atoms with E-state index in [2.05, 4.69) is 4.90 Å². The van der Waals surface area contributed by atoms with E-state index in [0.29, 0.717) is 32.8 Å². The second-order valence-electron chi connectivity index (χ2n) is 6.25. The van der Waals surface area contributed by atoms with Gasteiger partial charge in [0.05, 0.1) is 18.6 Å². The van der Waals surface area contributed by atoms with E-state index in [1.54, 1.807) is 7.11 Å². The van der Waals surface area contributed by atoms with Gasteiger partial charge in [-0.15, -0.1) is 0 Å². The van der Waals surface area contributed by atoms with Crippen molar-refractivity contribution >= 4 is 5.97 Å². The summed E-state index contributed by atoms with van der Waals surface area (Å²) < 4.78 is 10.8. The fourth-order valence-corrected chi connectivity index (χ4v) is 3.16. The van der Waals surface area contributed by atoms with Crippen LogP contribution in [-0.2, 0) is 20.9 Å². The highest BCUT2D eigenvalue weighted by molar-refractivity contribution is 5.75. The van der Waals surface area contributed by atoms with E-state index in [0.717, 1.165) is 31.5 Å². The van der Waals surface area contributed by atoms with Crippen molar-refractivity contribution in [3.63, 3.8) is 0 Å². The Balaban J connectivity index is 1.77. The summed E-state index contributed by atoms with van der Waals surface area (Å²) in [5.74, 6) is -0.704. The van der Waals surface area contributed by atoms with Crippen LogP contribution in [0.1, 0.15) is 24.8 Å². The van der Waals surface area contributed by atoms with Crippen LogP contribution in [0.4, 0.5) is 0 Å². The van der Waals surface area contributed by atoms with Crippen molar-refractivity contribution in [3.05, 3.63) is 35.9 Å². The molecule has 1 aliphatic rings. The molecule has 23 heavy (non-hydrogen) atoms. The van der Waals surface area contributed by atoms with E-state index in [4.69, 9.17) is 9.47 Å². The van der Waals surface area contributed by atoms with E-state index in [1.807, 2.05) is 30.3 Å². The summed E-state index contributed by atoms with van der Waals surface area (Å²) in [6, 6.07) is 10.1. The van der Waals surface area contributed by atoms with Crippen molar-refractivity contribution in [1.82, 2.24) is 4.90 Å². The molecule has 0 spiro atoms. The largest absolute Gasteiger partial charge is 0.481 e. The number of ether oxygens (including phenoxy) is 2. The van der Waals surface area contributed by atoms with Crippen molar-refractivity contribution in [2.24, 2.45) is 5.41 Å². The number of rotatable bonds is 9. The van der Waals surface area contributed by atoms with Crippen molar-refractivity contribution < 1.29 is 19.4 Å². The molecule has 0 amide bonds. The molecular weight excluding hydrogens is 294 g/mol. The number of hydrogen-bond acceptors (Lipinski definition) is 4. The maximum absolute atomic E-state index is 11.7. The third-order valence-electron chi connectivity index (χ3n) is 4.56. The number of hydrogen-bond donors (Lipinski definition) is 1. The van der Waals surface area contributed by atoms with E-state index in [9.17, 15) is 9.90 Å². The molecule has 1 aromatic rings. The average Bonchev–Trinajstić information content (AvgIpc) is 2.58. The van der Waals surface area contributed by atoms with Gasteiger partial charge in [0.25, 0.3) is 0 Å². The molecule has 1 atom stereocenters. The van der Waals surface area contributed by atoms with Gasteiger partial charge in [0.2, 0.25) is 0 Å². The predicted octanol–water partition coefficient (Wildman–Crippen LogP) is 2.41. The molecule has 0 unspecified atom stereocenters. The second kappa shape index (κ2) is 9.01. The first-order valence-electron chi connectivity index (χ1n) is 8.23. The lowest BCUT2D eigenvalue weighted by Crippen LogP contribution is -2.49. The van der Waals surface area contributed by atoms with Crippen molar-refractivity contribution in [1.29, 1.82) is 0 Å². The molecular formula is C18H27NO4. The number of aliphatic carboxylic acids is 1. The van der Waals surface area contributed by atoms with Crippen molar-refractivity contribution in [2.45, 2.75) is 25.9 Å². The molecule has 128 valence electrons. The number of carboxylic acids is 1. The first kappa shape index (κ1) is 17.9. The molecule has 1 aliphatic heterocycles. The van der Waals surface area contributed by atoms with E-state index < -0.39 is 11.4 Å². The summed E-state index contributed by atoms with van der Waals surface area (Å²) in [5, 5.41) is 9.64. The molecule has 1 heterocycles. The number of piperidine rings is 1. The lowest BCUT2D eigenvalue weighted by molar-refractivity contribution is -0.154. The van der Waals surface area contributed by atoms with Crippen LogP contribution in [0.3, 0.4) is 0 Å². The number of benzene rings is 1. The smallest absolute Gasteiger partial charge is 0.311 e. The van der Waals surface area contributed by atoms with E-state index in [1.165, 1.54) is 0 Å². The number of likely N-dealkylation sites (tertiary alicyclic amines) is 1. The average molecular weight is 321 g/mol. The zero-order valence-corrected chi connectivity index (χ0v) is 13.9. The SMILES string of the molecule is COCC[C@]1(C(=O)O)CCCN(CCOCc2ccccc2)C1. The Morgan fingerprint density at radius 2 is 2.09 bits per heavy atom. The quantitative estimate of drug-likeness (QED) is 0.708. The highest BCUT2D eigenvalue weighted by atomic mass is 16.5. The minimum atomic E-state index is -0.704. The Morgan fingerprint density at radius 1 is 1.30 bits per heavy atom. The van der Waals surface area contributed by atoms with Gasteiger partial charge in [0.1, 0.15) is 0 Å². The molecule has 2 rings (SSSR count). The molecule has 0 bridgehead atoms.